The zero-order valence-electron chi connectivity index (χ0n) is 21.8. The molecule has 1 saturated heterocycles. The van der Waals surface area contributed by atoms with E-state index in [1.54, 1.807) is 25.1 Å². The average molecular weight is 533 g/mol. The molecule has 1 aromatic heterocycles. The van der Waals surface area contributed by atoms with E-state index in [2.05, 4.69) is 0 Å². The Balaban J connectivity index is 1.91. The standard InChI is InChI=1S/C27H33FN2O8/c1-4-6-12-23(31)36-16-21-20(38-24(32)13-7-5-2)14-22(37-21)29-15-19(28)26(34)30(27(29)35)25(33)18-11-9-8-10-17(18)3/h8-11,15,20-22H,4-7,12-14,16H2,1-3H3/t20-,21+,22+/m0/s1. The summed E-state index contributed by atoms with van der Waals surface area (Å²) in [6.07, 6.45) is 0.809. The number of ether oxygens (including phenoxy) is 3. The van der Waals surface area contributed by atoms with Crippen molar-refractivity contribution in [2.45, 2.75) is 84.2 Å². The lowest BCUT2D eigenvalue weighted by Crippen LogP contribution is -2.46. The van der Waals surface area contributed by atoms with Gasteiger partial charge in [-0.3, -0.25) is 23.7 Å². The summed E-state index contributed by atoms with van der Waals surface area (Å²) in [5.74, 6) is -3.24. The first-order chi connectivity index (χ1) is 18.2. The van der Waals surface area contributed by atoms with Gasteiger partial charge in [-0.15, -0.1) is 0 Å². The largest absolute Gasteiger partial charge is 0.463 e. The van der Waals surface area contributed by atoms with Crippen molar-refractivity contribution < 1.29 is 33.0 Å². The molecule has 3 rings (SSSR count). The Labute approximate surface area is 219 Å². The second-order valence-electron chi connectivity index (χ2n) is 9.21. The Morgan fingerprint density at radius 3 is 2.37 bits per heavy atom. The molecule has 1 aliphatic heterocycles. The van der Waals surface area contributed by atoms with Gasteiger partial charge >= 0.3 is 17.6 Å². The van der Waals surface area contributed by atoms with Crippen molar-refractivity contribution in [3.8, 4) is 0 Å². The molecule has 3 atom stereocenters. The number of carbonyl (C=O) groups is 3. The number of aromatic nitrogens is 2. The van der Waals surface area contributed by atoms with Gasteiger partial charge in [0.1, 0.15) is 25.0 Å². The van der Waals surface area contributed by atoms with Crippen molar-refractivity contribution in [1.29, 1.82) is 0 Å². The van der Waals surface area contributed by atoms with Crippen LogP contribution in [0.1, 0.15) is 80.9 Å². The second kappa shape index (κ2) is 13.3. The molecule has 0 spiro atoms. The molecule has 0 amide bonds. The van der Waals surface area contributed by atoms with Crippen molar-refractivity contribution in [3.05, 3.63) is 68.2 Å². The van der Waals surface area contributed by atoms with Crippen LogP contribution in [-0.2, 0) is 23.8 Å². The Morgan fingerprint density at radius 1 is 1.05 bits per heavy atom. The van der Waals surface area contributed by atoms with E-state index in [0.717, 1.165) is 17.4 Å². The van der Waals surface area contributed by atoms with E-state index < -0.39 is 53.3 Å². The van der Waals surface area contributed by atoms with Gasteiger partial charge in [0.2, 0.25) is 5.82 Å². The number of rotatable bonds is 11. The van der Waals surface area contributed by atoms with Crippen LogP contribution in [0.5, 0.6) is 0 Å². The minimum absolute atomic E-state index is 0.0655. The first-order valence-corrected chi connectivity index (χ1v) is 12.8. The fourth-order valence-electron chi connectivity index (χ4n) is 4.12. The zero-order valence-corrected chi connectivity index (χ0v) is 21.8. The maximum absolute atomic E-state index is 14.7. The molecular formula is C27H33FN2O8. The highest BCUT2D eigenvalue weighted by Gasteiger charge is 2.41. The van der Waals surface area contributed by atoms with Gasteiger partial charge in [-0.05, 0) is 31.4 Å². The van der Waals surface area contributed by atoms with Crippen molar-refractivity contribution >= 4 is 17.8 Å². The maximum atomic E-state index is 14.7. The summed E-state index contributed by atoms with van der Waals surface area (Å²) in [4.78, 5) is 63.2. The van der Waals surface area contributed by atoms with E-state index in [9.17, 15) is 28.4 Å². The summed E-state index contributed by atoms with van der Waals surface area (Å²) in [6, 6.07) is 6.30. The molecule has 2 heterocycles. The van der Waals surface area contributed by atoms with Crippen molar-refractivity contribution in [2.24, 2.45) is 0 Å². The molecule has 0 unspecified atom stereocenters. The molecule has 1 fully saturated rings. The number of carbonyl (C=O) groups excluding carboxylic acids is 3. The number of hydrogen-bond acceptors (Lipinski definition) is 8. The Hall–Kier alpha value is -3.60. The number of hydrogen-bond donors (Lipinski definition) is 0. The molecule has 2 aromatic rings. The molecule has 0 saturated carbocycles. The van der Waals surface area contributed by atoms with Crippen LogP contribution in [0, 0.1) is 12.7 Å². The minimum Gasteiger partial charge on any atom is -0.463 e. The minimum atomic E-state index is -1.39. The summed E-state index contributed by atoms with van der Waals surface area (Å²) < 4.78 is 32.4. The predicted octanol–water partition coefficient (Wildman–Crippen LogP) is 3.27. The topological polar surface area (TPSA) is 123 Å². The molecule has 0 bridgehead atoms. The molecule has 38 heavy (non-hydrogen) atoms. The third-order valence-electron chi connectivity index (χ3n) is 6.30. The van der Waals surface area contributed by atoms with E-state index in [0.29, 0.717) is 24.6 Å². The number of esters is 2. The smallest absolute Gasteiger partial charge is 0.340 e. The first-order valence-electron chi connectivity index (χ1n) is 12.8. The normalized spacial score (nSPS) is 18.8. The lowest BCUT2D eigenvalue weighted by molar-refractivity contribution is -0.158. The summed E-state index contributed by atoms with van der Waals surface area (Å²) in [7, 11) is 0. The highest BCUT2D eigenvalue weighted by Crippen LogP contribution is 2.31. The first kappa shape index (κ1) is 29.0. The van der Waals surface area contributed by atoms with E-state index in [4.69, 9.17) is 14.2 Å². The van der Waals surface area contributed by atoms with Gasteiger partial charge in [-0.25, -0.2) is 4.79 Å². The van der Waals surface area contributed by atoms with Crippen LogP contribution in [0.3, 0.4) is 0 Å². The molecule has 206 valence electrons. The molecule has 11 heteroatoms. The van der Waals surface area contributed by atoms with Crippen LogP contribution >= 0.6 is 0 Å². The summed E-state index contributed by atoms with van der Waals surface area (Å²) >= 11 is 0. The van der Waals surface area contributed by atoms with Crippen molar-refractivity contribution in [2.75, 3.05) is 6.61 Å². The average Bonchev–Trinajstić information content (AvgIpc) is 3.29. The van der Waals surface area contributed by atoms with Gasteiger partial charge in [0, 0.05) is 24.8 Å². The molecule has 10 nitrogen and oxygen atoms in total. The highest BCUT2D eigenvalue weighted by atomic mass is 19.1. The van der Waals surface area contributed by atoms with Gasteiger partial charge in [-0.2, -0.15) is 8.96 Å². The second-order valence-corrected chi connectivity index (χ2v) is 9.21. The molecule has 0 N–H and O–H groups in total. The monoisotopic (exact) mass is 532 g/mol. The highest BCUT2D eigenvalue weighted by molar-refractivity contribution is 5.97. The van der Waals surface area contributed by atoms with E-state index in [1.807, 2.05) is 13.8 Å². The van der Waals surface area contributed by atoms with Crippen LogP contribution in [0.2, 0.25) is 0 Å². The van der Waals surface area contributed by atoms with Crippen LogP contribution < -0.4 is 11.2 Å². The summed E-state index contributed by atoms with van der Waals surface area (Å²) in [5, 5.41) is 0. The molecule has 1 aliphatic rings. The SMILES string of the molecule is CCCCC(=O)OC[C@H]1O[C@@H](n2cc(F)c(=O)n(C(=O)c3ccccc3C)c2=O)C[C@@H]1OC(=O)CCCC. The van der Waals surface area contributed by atoms with Gasteiger partial charge in [0.25, 0.3) is 11.5 Å². The Bertz CT molecular complexity index is 1280. The quantitative estimate of drug-likeness (QED) is 0.404. The lowest BCUT2D eigenvalue weighted by atomic mass is 10.1. The van der Waals surface area contributed by atoms with Crippen LogP contribution in [0.15, 0.2) is 40.1 Å². The Kier molecular flexibility index (Phi) is 10.1. The van der Waals surface area contributed by atoms with Gasteiger partial charge in [-0.1, -0.05) is 44.9 Å². The predicted molar refractivity (Wildman–Crippen MR) is 134 cm³/mol. The molecule has 1 aromatic carbocycles. The van der Waals surface area contributed by atoms with E-state index >= 15 is 0 Å². The summed E-state index contributed by atoms with van der Waals surface area (Å²) in [6.45, 7) is 5.24. The zero-order chi connectivity index (χ0) is 27.8. The van der Waals surface area contributed by atoms with Gasteiger partial charge in [0.15, 0.2) is 0 Å². The third-order valence-corrected chi connectivity index (χ3v) is 6.30. The van der Waals surface area contributed by atoms with Crippen molar-refractivity contribution in [3.63, 3.8) is 0 Å². The van der Waals surface area contributed by atoms with Crippen LogP contribution in [-0.4, -0.2) is 45.8 Å². The number of nitrogens with zero attached hydrogens (tertiary/aromatic N) is 2. The fourth-order valence-corrected chi connectivity index (χ4v) is 4.12. The molecule has 0 radical (unpaired) electrons. The fraction of sp³-hybridized carbons (Fsp3) is 0.519. The van der Waals surface area contributed by atoms with Gasteiger partial charge in [0.05, 0.1) is 6.20 Å². The third kappa shape index (κ3) is 6.83. The van der Waals surface area contributed by atoms with Crippen molar-refractivity contribution in [1.82, 2.24) is 9.13 Å². The number of halogens is 1. The lowest BCUT2D eigenvalue weighted by Gasteiger charge is -2.19. The molecule has 0 aliphatic carbocycles. The number of unbranched alkanes of at least 4 members (excludes halogenated alkanes) is 2. The number of benzene rings is 1. The van der Waals surface area contributed by atoms with Crippen LogP contribution in [0.4, 0.5) is 4.39 Å². The van der Waals surface area contributed by atoms with Gasteiger partial charge < -0.3 is 14.2 Å². The van der Waals surface area contributed by atoms with Crippen LogP contribution in [0.25, 0.3) is 0 Å². The molecular weight excluding hydrogens is 499 g/mol. The Morgan fingerprint density at radius 2 is 1.71 bits per heavy atom. The van der Waals surface area contributed by atoms with E-state index in [1.165, 1.54) is 6.07 Å². The van der Waals surface area contributed by atoms with E-state index in [-0.39, 0.29) is 36.0 Å². The summed E-state index contributed by atoms with van der Waals surface area (Å²) in [5.41, 5.74) is -1.93. The number of aryl methyl sites for hydroxylation is 1. The maximum Gasteiger partial charge on any atom is 0.340 e.